The highest BCUT2D eigenvalue weighted by atomic mass is 35.5. The van der Waals surface area contributed by atoms with Crippen LogP contribution in [0.1, 0.15) is 56.1 Å². The summed E-state index contributed by atoms with van der Waals surface area (Å²) in [6.45, 7) is 11.5. The Labute approximate surface area is 384 Å². The zero-order chi connectivity index (χ0) is 44.8. The van der Waals surface area contributed by atoms with E-state index in [9.17, 15) is 18.9 Å². The van der Waals surface area contributed by atoms with Crippen molar-refractivity contribution >= 4 is 88.1 Å². The number of methoxy groups -OCH3 is 1. The Hall–Kier alpha value is -4.88. The van der Waals surface area contributed by atoms with Crippen LogP contribution in [0, 0.1) is 0 Å². The number of nitrogens with one attached hydrogen (secondary N) is 3. The molecule has 1 aromatic heterocycles. The van der Waals surface area contributed by atoms with Crippen LogP contribution in [0.5, 0.6) is 5.75 Å². The van der Waals surface area contributed by atoms with E-state index in [2.05, 4.69) is 64.8 Å². The van der Waals surface area contributed by atoms with Gasteiger partial charge in [-0.05, 0) is 93.6 Å². The number of piperazine rings is 1. The molecule has 1 unspecified atom stereocenters. The lowest BCUT2D eigenvalue weighted by atomic mass is 10.0. The van der Waals surface area contributed by atoms with Crippen molar-refractivity contribution in [3.05, 3.63) is 83.0 Å². The zero-order valence-electron chi connectivity index (χ0n) is 36.8. The Bertz CT molecular complexity index is 2450. The van der Waals surface area contributed by atoms with Gasteiger partial charge in [-0.2, -0.15) is 4.98 Å². The molecule has 17 heteroatoms. The van der Waals surface area contributed by atoms with Crippen LogP contribution in [-0.2, 0) is 25.5 Å². The van der Waals surface area contributed by atoms with E-state index in [4.69, 9.17) is 16.3 Å². The van der Waals surface area contributed by atoms with E-state index in [1.54, 1.807) is 26.6 Å². The number of fused-ring (bicyclic) bond motifs is 1. The van der Waals surface area contributed by atoms with E-state index >= 15 is 0 Å². The molecule has 2 amide bonds. The number of carbonyl (C=O) groups is 2. The molecular weight excluding hydrogens is 869 g/mol. The predicted molar refractivity (Wildman–Crippen MR) is 257 cm³/mol. The Morgan fingerprint density at radius 1 is 0.938 bits per heavy atom. The van der Waals surface area contributed by atoms with E-state index in [-0.39, 0.29) is 18.2 Å². The minimum Gasteiger partial charge on any atom is -0.494 e. The summed E-state index contributed by atoms with van der Waals surface area (Å²) >= 11 is 8.31. The summed E-state index contributed by atoms with van der Waals surface area (Å²) in [7, 11) is -0.878. The number of rotatable bonds is 16. The van der Waals surface area contributed by atoms with E-state index in [1.165, 1.54) is 6.42 Å². The Kier molecular flexibility index (Phi) is 14.6. The van der Waals surface area contributed by atoms with E-state index < -0.39 is 13.2 Å². The minimum atomic E-state index is -2.54. The number of thioether (sulfide) groups is 1. The third kappa shape index (κ3) is 10.6. The van der Waals surface area contributed by atoms with Crippen molar-refractivity contribution in [2.75, 3.05) is 87.5 Å². The van der Waals surface area contributed by atoms with Crippen LogP contribution in [0.25, 0.3) is 5.70 Å². The second-order valence-corrected chi connectivity index (χ2v) is 22.0. The van der Waals surface area contributed by atoms with Crippen molar-refractivity contribution in [3.8, 4) is 5.75 Å². The maximum absolute atomic E-state index is 12.9. The van der Waals surface area contributed by atoms with Crippen molar-refractivity contribution in [3.63, 3.8) is 0 Å². The van der Waals surface area contributed by atoms with Crippen LogP contribution in [0.2, 0.25) is 5.02 Å². The number of amides is 2. The maximum atomic E-state index is 12.9. The number of nitrogens with zero attached hydrogens (tertiary/aromatic N) is 6. The number of piperidine rings is 2. The number of aromatic nitrogens is 2. The van der Waals surface area contributed by atoms with Gasteiger partial charge < -0.3 is 34.6 Å². The van der Waals surface area contributed by atoms with Gasteiger partial charge >= 0.3 is 0 Å². The summed E-state index contributed by atoms with van der Waals surface area (Å²) < 4.78 is 18.8. The molecule has 5 heterocycles. The highest BCUT2D eigenvalue weighted by Crippen LogP contribution is 2.41. The van der Waals surface area contributed by atoms with Crippen molar-refractivity contribution in [1.29, 1.82) is 0 Å². The number of imide groups is 1. The fourth-order valence-corrected chi connectivity index (χ4v) is 11.7. The summed E-state index contributed by atoms with van der Waals surface area (Å²) in [5.74, 6) is 3.93. The van der Waals surface area contributed by atoms with Crippen LogP contribution in [-0.4, -0.2) is 127 Å². The average molecular weight is 927 g/mol. The molecule has 3 fully saturated rings. The molecule has 3 saturated heterocycles. The largest absolute Gasteiger partial charge is 0.494 e. The first-order chi connectivity index (χ1) is 31.0. The quantitative estimate of drug-likeness (QED) is 0.0341. The molecule has 0 aliphatic carbocycles. The summed E-state index contributed by atoms with van der Waals surface area (Å²) in [4.78, 5) is 56.1. The van der Waals surface area contributed by atoms with Gasteiger partial charge in [0.1, 0.15) is 29.7 Å². The minimum absolute atomic E-state index is 0.262. The fraction of sp³-hybridized carbons (Fsp3) is 0.447. The number of para-hydroxylation sites is 1. The van der Waals surface area contributed by atoms with Crippen molar-refractivity contribution in [2.45, 2.75) is 68.5 Å². The van der Waals surface area contributed by atoms with Gasteiger partial charge in [-0.25, -0.2) is 9.78 Å². The standard InChI is InChI=1S/C47H57ClN9O5PS/c1-62-41-28-33(14-15-37(41)51-47-49-29-36(48)45(53-47)50-38-11-5-6-12-42(38)63(2,3)61)55-21-18-32(19-22-55)56-25-23-54(24-26-56)20-7-4-8-27-64-43-13-9-10-34-35(43)30-57(40(34)31-58)39-16-17-44(59)52-46(39)60/h5-6,9-15,28-29,32,39H,4,7-8,16-27,30H2,1-3H3,(H,52,59,60)(H2,49,50,51,53). The molecule has 4 aliphatic rings. The molecular formula is C47H57ClN9O5PS. The predicted octanol–water partition coefficient (Wildman–Crippen LogP) is 7.22. The van der Waals surface area contributed by atoms with Gasteiger partial charge in [-0.3, -0.25) is 19.8 Å². The van der Waals surface area contributed by atoms with Crippen LogP contribution < -0.4 is 30.9 Å². The second-order valence-electron chi connectivity index (χ2n) is 17.2. The van der Waals surface area contributed by atoms with Crippen molar-refractivity contribution in [1.82, 2.24) is 30.0 Å². The molecule has 0 saturated carbocycles. The number of carbonyl (C=O) groups excluding carboxylic acids is 3. The molecule has 0 bridgehead atoms. The second kappa shape index (κ2) is 20.5. The number of hydrogen-bond donors (Lipinski definition) is 3. The molecule has 64 heavy (non-hydrogen) atoms. The van der Waals surface area contributed by atoms with Crippen molar-refractivity contribution < 1.29 is 23.7 Å². The number of unbranched alkanes of at least 4 members (excludes halogenated alkanes) is 2. The first-order valence-corrected chi connectivity index (χ1v) is 26.2. The number of anilines is 5. The number of hydrogen-bond acceptors (Lipinski definition) is 14. The lowest BCUT2D eigenvalue weighted by Gasteiger charge is -2.43. The summed E-state index contributed by atoms with van der Waals surface area (Å²) in [5.41, 5.74) is 4.88. The van der Waals surface area contributed by atoms with Crippen LogP contribution >= 0.6 is 30.5 Å². The van der Waals surface area contributed by atoms with Gasteiger partial charge in [0.15, 0.2) is 11.8 Å². The van der Waals surface area contributed by atoms with E-state index in [1.807, 2.05) is 59.1 Å². The first kappa shape index (κ1) is 45.7. The maximum Gasteiger partial charge on any atom is 0.249 e. The normalized spacial score (nSPS) is 18.8. The smallest absolute Gasteiger partial charge is 0.249 e. The number of benzene rings is 3. The molecule has 3 aromatic carbocycles. The summed E-state index contributed by atoms with van der Waals surface area (Å²) in [5, 5.41) is 10.0. The van der Waals surface area contributed by atoms with Gasteiger partial charge in [-0.1, -0.05) is 42.3 Å². The monoisotopic (exact) mass is 925 g/mol. The van der Waals surface area contributed by atoms with Crippen LogP contribution in [0.3, 0.4) is 0 Å². The molecule has 338 valence electrons. The summed E-state index contributed by atoms with van der Waals surface area (Å²) in [6, 6.07) is 19.7. The molecule has 8 rings (SSSR count). The van der Waals surface area contributed by atoms with Crippen LogP contribution in [0.15, 0.2) is 71.8 Å². The molecule has 4 aromatic rings. The number of ether oxygens (including phenoxy) is 1. The molecule has 14 nitrogen and oxygen atoms in total. The fourth-order valence-electron chi connectivity index (χ4n) is 9.28. The van der Waals surface area contributed by atoms with Gasteiger partial charge in [0.05, 0.1) is 24.7 Å². The Balaban J connectivity index is 0.751. The lowest BCUT2D eigenvalue weighted by molar-refractivity contribution is -0.136. The Morgan fingerprint density at radius 2 is 1.73 bits per heavy atom. The molecule has 0 spiro atoms. The van der Waals surface area contributed by atoms with Gasteiger partial charge in [-0.15, -0.1) is 11.8 Å². The van der Waals surface area contributed by atoms with Gasteiger partial charge in [0.25, 0.3) is 0 Å². The molecule has 4 aliphatic heterocycles. The van der Waals surface area contributed by atoms with Gasteiger partial charge in [0.2, 0.25) is 17.8 Å². The summed E-state index contributed by atoms with van der Waals surface area (Å²) in [6.07, 6.45) is 7.91. The highest BCUT2D eigenvalue weighted by molar-refractivity contribution is 7.99. The number of halogens is 1. The van der Waals surface area contributed by atoms with Gasteiger partial charge in [0, 0.05) is 85.8 Å². The molecule has 1 atom stereocenters. The topological polar surface area (TPSA) is 152 Å². The SMILES string of the molecule is COc1cc(N2CCC(N3CCN(CCCCCSc4cccc5c4CN(C4CCC(=O)NC4=O)C5=C=O)CC3)CC2)ccc1Nc1ncc(Cl)c(Nc2ccccc2P(C)(C)=O)n1. The van der Waals surface area contributed by atoms with Crippen molar-refractivity contribution in [2.24, 2.45) is 0 Å². The zero-order valence-corrected chi connectivity index (χ0v) is 39.2. The third-order valence-electron chi connectivity index (χ3n) is 12.7. The molecule has 0 radical (unpaired) electrons. The first-order valence-electron chi connectivity index (χ1n) is 22.2. The van der Waals surface area contributed by atoms with Crippen LogP contribution in [0.4, 0.5) is 28.8 Å². The molecule has 3 N–H and O–H groups in total. The lowest BCUT2D eigenvalue weighted by Crippen LogP contribution is -2.53. The Morgan fingerprint density at radius 3 is 2.48 bits per heavy atom. The average Bonchev–Trinajstić information content (AvgIpc) is 3.68. The highest BCUT2D eigenvalue weighted by Gasteiger charge is 2.38. The third-order valence-corrected chi connectivity index (χ3v) is 15.7. The van der Waals surface area contributed by atoms with E-state index in [0.717, 1.165) is 110 Å². The van der Waals surface area contributed by atoms with E-state index in [0.29, 0.717) is 52.9 Å².